The van der Waals surface area contributed by atoms with Crippen LogP contribution in [0.15, 0.2) is 71.6 Å². The maximum atomic E-state index is 14.0. The van der Waals surface area contributed by atoms with E-state index in [1.165, 1.54) is 11.1 Å². The maximum Gasteiger partial charge on any atom is 0.244 e. The smallest absolute Gasteiger partial charge is 0.244 e. The Hall–Kier alpha value is -2.87. The third-order valence-electron chi connectivity index (χ3n) is 6.81. The highest BCUT2D eigenvalue weighted by atomic mass is 32.2. The highest BCUT2D eigenvalue weighted by molar-refractivity contribution is 7.89. The number of rotatable bonds is 6. The Labute approximate surface area is 201 Å². The SMILES string of the molecule is CCOc1cc([C@H]2N3CCc4ccccc4[C@@H]3CN2S(=O)(=O)c2ccc(C)cc2)ccc1OC. The molecule has 0 aliphatic carbocycles. The standard InChI is InChI=1S/C27H30N2O4S/c1-4-33-26-17-21(11-14-25(26)32-3)27-28-16-15-20-7-5-6-8-23(20)24(28)18-29(27)34(30,31)22-12-9-19(2)10-13-22/h5-14,17,24,27H,4,15-16,18H2,1-3H3/t24-,27-/m0/s1. The van der Waals surface area contributed by atoms with Gasteiger partial charge in [-0.25, -0.2) is 8.42 Å². The zero-order valence-electron chi connectivity index (χ0n) is 19.8. The minimum atomic E-state index is -3.73. The fourth-order valence-electron chi connectivity index (χ4n) is 5.16. The summed E-state index contributed by atoms with van der Waals surface area (Å²) in [5.41, 5.74) is 4.40. The average Bonchev–Trinajstić information content (AvgIpc) is 3.25. The van der Waals surface area contributed by atoms with Gasteiger partial charge in [-0.05, 0) is 61.2 Å². The van der Waals surface area contributed by atoms with Crippen LogP contribution >= 0.6 is 0 Å². The predicted molar refractivity (Wildman–Crippen MR) is 132 cm³/mol. The molecule has 0 spiro atoms. The Bertz CT molecular complexity index is 1290. The third kappa shape index (κ3) is 3.87. The maximum absolute atomic E-state index is 14.0. The summed E-state index contributed by atoms with van der Waals surface area (Å²) >= 11 is 0. The predicted octanol–water partition coefficient (Wildman–Crippen LogP) is 4.70. The number of fused-ring (bicyclic) bond motifs is 3. The van der Waals surface area contributed by atoms with Crippen molar-refractivity contribution in [1.29, 1.82) is 0 Å². The van der Waals surface area contributed by atoms with Crippen molar-refractivity contribution in [3.05, 3.63) is 89.0 Å². The Morgan fingerprint density at radius 2 is 1.76 bits per heavy atom. The van der Waals surface area contributed by atoms with E-state index in [-0.39, 0.29) is 6.04 Å². The van der Waals surface area contributed by atoms with Crippen LogP contribution in [-0.4, -0.2) is 44.4 Å². The van der Waals surface area contributed by atoms with Gasteiger partial charge in [0.15, 0.2) is 11.5 Å². The lowest BCUT2D eigenvalue weighted by molar-refractivity contribution is 0.154. The molecule has 0 saturated carbocycles. The largest absolute Gasteiger partial charge is 0.493 e. The summed E-state index contributed by atoms with van der Waals surface area (Å²) < 4.78 is 40.9. The van der Waals surface area contributed by atoms with E-state index in [9.17, 15) is 8.42 Å². The summed E-state index contributed by atoms with van der Waals surface area (Å²) in [5.74, 6) is 1.26. The molecule has 0 bridgehead atoms. The molecule has 3 aromatic carbocycles. The van der Waals surface area contributed by atoms with Crippen LogP contribution in [0.5, 0.6) is 11.5 Å². The van der Waals surface area contributed by atoms with Gasteiger partial charge < -0.3 is 9.47 Å². The highest BCUT2D eigenvalue weighted by Crippen LogP contribution is 2.47. The molecule has 2 heterocycles. The first kappa shape index (κ1) is 22.9. The van der Waals surface area contributed by atoms with E-state index in [2.05, 4.69) is 23.1 Å². The molecule has 6 nitrogen and oxygen atoms in total. The number of nitrogens with zero attached hydrogens (tertiary/aromatic N) is 2. The van der Waals surface area contributed by atoms with Crippen LogP contribution in [0.1, 0.15) is 41.4 Å². The fourth-order valence-corrected chi connectivity index (χ4v) is 6.75. The van der Waals surface area contributed by atoms with Crippen LogP contribution in [-0.2, 0) is 16.4 Å². The lowest BCUT2D eigenvalue weighted by atomic mass is 9.93. The van der Waals surface area contributed by atoms with Crippen LogP contribution in [0.25, 0.3) is 0 Å². The van der Waals surface area contributed by atoms with Crippen LogP contribution in [0, 0.1) is 6.92 Å². The van der Waals surface area contributed by atoms with E-state index in [0.717, 1.165) is 24.1 Å². The van der Waals surface area contributed by atoms with Gasteiger partial charge in [0.05, 0.1) is 24.7 Å². The van der Waals surface area contributed by atoms with Crippen LogP contribution in [0.3, 0.4) is 0 Å². The van der Waals surface area contributed by atoms with E-state index >= 15 is 0 Å². The van der Waals surface area contributed by atoms with Gasteiger partial charge in [0.2, 0.25) is 10.0 Å². The quantitative estimate of drug-likeness (QED) is 0.514. The molecule has 0 aromatic heterocycles. The van der Waals surface area contributed by atoms with Gasteiger partial charge in [-0.15, -0.1) is 0 Å². The first-order valence-electron chi connectivity index (χ1n) is 11.7. The van der Waals surface area contributed by atoms with Gasteiger partial charge in [0.25, 0.3) is 0 Å². The van der Waals surface area contributed by atoms with E-state index in [1.807, 2.05) is 50.2 Å². The average molecular weight is 479 g/mol. The molecule has 1 saturated heterocycles. The van der Waals surface area contributed by atoms with Gasteiger partial charge in [-0.1, -0.05) is 48.0 Å². The number of methoxy groups -OCH3 is 1. The van der Waals surface area contributed by atoms with Gasteiger partial charge in [0.1, 0.15) is 6.17 Å². The highest BCUT2D eigenvalue weighted by Gasteiger charge is 2.48. The fraction of sp³-hybridized carbons (Fsp3) is 0.333. The number of hydrogen-bond donors (Lipinski definition) is 0. The topological polar surface area (TPSA) is 59.1 Å². The van der Waals surface area contributed by atoms with Crippen LogP contribution < -0.4 is 9.47 Å². The van der Waals surface area contributed by atoms with Gasteiger partial charge in [-0.3, -0.25) is 4.90 Å². The van der Waals surface area contributed by atoms with Crippen molar-refractivity contribution < 1.29 is 17.9 Å². The number of benzene rings is 3. The second-order valence-corrected chi connectivity index (χ2v) is 10.7. The second-order valence-electron chi connectivity index (χ2n) is 8.81. The lowest BCUT2D eigenvalue weighted by Crippen LogP contribution is -2.37. The summed E-state index contributed by atoms with van der Waals surface area (Å²) in [6, 6.07) is 21.2. The summed E-state index contributed by atoms with van der Waals surface area (Å²) in [5, 5.41) is 0. The molecule has 2 aliphatic heterocycles. The molecular formula is C27H30N2O4S. The van der Waals surface area contributed by atoms with Crippen molar-refractivity contribution in [2.24, 2.45) is 0 Å². The summed E-state index contributed by atoms with van der Waals surface area (Å²) in [7, 11) is -2.12. The van der Waals surface area contributed by atoms with Crippen molar-refractivity contribution in [2.45, 2.75) is 37.4 Å². The molecule has 2 aliphatic rings. The van der Waals surface area contributed by atoms with E-state index in [4.69, 9.17) is 9.47 Å². The molecule has 7 heteroatoms. The minimum Gasteiger partial charge on any atom is -0.493 e. The first-order chi connectivity index (χ1) is 16.4. The molecule has 0 unspecified atom stereocenters. The second kappa shape index (κ2) is 9.06. The Balaban J connectivity index is 1.63. The van der Waals surface area contributed by atoms with Crippen molar-refractivity contribution in [1.82, 2.24) is 9.21 Å². The molecule has 178 valence electrons. The van der Waals surface area contributed by atoms with Crippen molar-refractivity contribution in [3.8, 4) is 11.5 Å². The summed E-state index contributed by atoms with van der Waals surface area (Å²) in [6.45, 7) is 5.55. The minimum absolute atomic E-state index is 0.00665. The Kier molecular flexibility index (Phi) is 6.10. The van der Waals surface area contributed by atoms with E-state index < -0.39 is 16.2 Å². The summed E-state index contributed by atoms with van der Waals surface area (Å²) in [4.78, 5) is 2.63. The monoisotopic (exact) mass is 478 g/mol. The zero-order chi connectivity index (χ0) is 23.9. The number of sulfonamides is 1. The van der Waals surface area contributed by atoms with Crippen LogP contribution in [0.2, 0.25) is 0 Å². The molecule has 0 N–H and O–H groups in total. The Morgan fingerprint density at radius 3 is 2.50 bits per heavy atom. The van der Waals surface area contributed by atoms with Gasteiger partial charge in [0, 0.05) is 13.1 Å². The number of ether oxygens (including phenoxy) is 2. The van der Waals surface area contributed by atoms with Crippen LogP contribution in [0.4, 0.5) is 0 Å². The molecular weight excluding hydrogens is 448 g/mol. The molecule has 5 rings (SSSR count). The molecule has 0 amide bonds. The molecule has 1 fully saturated rings. The Morgan fingerprint density at radius 1 is 1.00 bits per heavy atom. The van der Waals surface area contributed by atoms with Gasteiger partial charge in [-0.2, -0.15) is 4.31 Å². The van der Waals surface area contributed by atoms with Crippen molar-refractivity contribution >= 4 is 10.0 Å². The normalized spacial score (nSPS) is 20.6. The number of aryl methyl sites for hydroxylation is 1. The van der Waals surface area contributed by atoms with Gasteiger partial charge >= 0.3 is 0 Å². The van der Waals surface area contributed by atoms with Crippen molar-refractivity contribution in [3.63, 3.8) is 0 Å². The zero-order valence-corrected chi connectivity index (χ0v) is 20.6. The third-order valence-corrected chi connectivity index (χ3v) is 8.64. The molecule has 34 heavy (non-hydrogen) atoms. The first-order valence-corrected chi connectivity index (χ1v) is 13.1. The molecule has 3 aromatic rings. The van der Waals surface area contributed by atoms with E-state index in [0.29, 0.717) is 29.5 Å². The number of hydrogen-bond acceptors (Lipinski definition) is 5. The lowest BCUT2D eigenvalue weighted by Gasteiger charge is -2.36. The molecule has 0 radical (unpaired) electrons. The van der Waals surface area contributed by atoms with E-state index in [1.54, 1.807) is 23.5 Å². The van der Waals surface area contributed by atoms with Crippen molar-refractivity contribution in [2.75, 3.05) is 26.8 Å². The molecule has 2 atom stereocenters. The summed E-state index contributed by atoms with van der Waals surface area (Å²) in [6.07, 6.45) is 0.450.